The third-order valence-electron chi connectivity index (χ3n) is 4.38. The van der Waals surface area contributed by atoms with Crippen LogP contribution in [0.3, 0.4) is 0 Å². The summed E-state index contributed by atoms with van der Waals surface area (Å²) in [5.41, 5.74) is 0.933. The molecule has 4 aromatic rings. The molecule has 4 rings (SSSR count). The number of H-pyrrole nitrogens is 1. The molecule has 29 heavy (non-hydrogen) atoms. The first-order valence-corrected chi connectivity index (χ1v) is 9.16. The summed E-state index contributed by atoms with van der Waals surface area (Å²) in [6.45, 7) is 7.26. The van der Waals surface area contributed by atoms with Crippen molar-refractivity contribution in [3.63, 3.8) is 0 Å². The van der Waals surface area contributed by atoms with Crippen LogP contribution in [0.2, 0.25) is 0 Å². The van der Waals surface area contributed by atoms with E-state index < -0.39 is 5.41 Å². The zero-order chi connectivity index (χ0) is 20.8. The summed E-state index contributed by atoms with van der Waals surface area (Å²) in [7, 11) is 0. The summed E-state index contributed by atoms with van der Waals surface area (Å²) in [4.78, 5) is 32.4. The molecule has 0 unspecified atom stereocenters. The Morgan fingerprint density at radius 2 is 1.86 bits per heavy atom. The fourth-order valence-electron chi connectivity index (χ4n) is 2.82. The number of amides is 1. The third-order valence-corrected chi connectivity index (χ3v) is 4.38. The summed E-state index contributed by atoms with van der Waals surface area (Å²) in [5, 5.41) is 11.9. The molecule has 0 atom stereocenters. The summed E-state index contributed by atoms with van der Waals surface area (Å²) in [6.07, 6.45) is 1.48. The van der Waals surface area contributed by atoms with Gasteiger partial charge in [0.25, 0.3) is 5.56 Å². The number of nitrogens with zero attached hydrogens (tertiary/aromatic N) is 5. The summed E-state index contributed by atoms with van der Waals surface area (Å²) in [6, 6.07) is 11.1. The Morgan fingerprint density at radius 3 is 2.55 bits per heavy atom. The fourth-order valence-corrected chi connectivity index (χ4v) is 2.82. The number of hydrogen-bond donors (Lipinski definition) is 2. The second-order valence-corrected chi connectivity index (χ2v) is 7.81. The lowest BCUT2D eigenvalue weighted by atomic mass is 9.96. The second-order valence-electron chi connectivity index (χ2n) is 7.81. The highest BCUT2D eigenvalue weighted by molar-refractivity contribution is 5.94. The maximum atomic E-state index is 12.6. The van der Waals surface area contributed by atoms with Gasteiger partial charge in [-0.25, -0.2) is 4.68 Å². The Kier molecular flexibility index (Phi) is 4.30. The zero-order valence-electron chi connectivity index (χ0n) is 16.6. The number of hydrogen-bond acceptors (Lipinski definition) is 5. The first-order chi connectivity index (χ1) is 13.7. The molecule has 0 saturated heterocycles. The molecule has 2 N–H and O–H groups in total. The number of aromatic amines is 1. The van der Waals surface area contributed by atoms with Crippen molar-refractivity contribution in [2.24, 2.45) is 5.41 Å². The Morgan fingerprint density at radius 1 is 1.14 bits per heavy atom. The SMILES string of the molecule is Cc1cc(NC(=O)C(C)(C)C)n(-c2nc3c(cnn3-c3ccccc3)c(=O)[nH]2)n1. The third kappa shape index (κ3) is 3.42. The van der Waals surface area contributed by atoms with E-state index in [9.17, 15) is 9.59 Å². The van der Waals surface area contributed by atoms with Gasteiger partial charge >= 0.3 is 0 Å². The van der Waals surface area contributed by atoms with E-state index in [1.165, 1.54) is 10.9 Å². The highest BCUT2D eigenvalue weighted by Crippen LogP contribution is 2.21. The molecule has 0 fully saturated rings. The number of nitrogens with one attached hydrogen (secondary N) is 2. The van der Waals surface area contributed by atoms with Crippen molar-refractivity contribution in [2.75, 3.05) is 5.32 Å². The van der Waals surface area contributed by atoms with Crippen LogP contribution in [0.1, 0.15) is 26.5 Å². The number of benzene rings is 1. The van der Waals surface area contributed by atoms with Crippen molar-refractivity contribution >= 4 is 22.8 Å². The molecule has 0 aliphatic heterocycles. The number of fused-ring (bicyclic) bond motifs is 1. The van der Waals surface area contributed by atoms with E-state index in [2.05, 4.69) is 25.5 Å². The minimum atomic E-state index is -0.584. The van der Waals surface area contributed by atoms with Gasteiger partial charge in [0.1, 0.15) is 11.2 Å². The molecule has 9 nitrogen and oxygen atoms in total. The highest BCUT2D eigenvalue weighted by atomic mass is 16.2. The van der Waals surface area contributed by atoms with Crippen molar-refractivity contribution in [1.82, 2.24) is 29.5 Å². The van der Waals surface area contributed by atoms with Gasteiger partial charge in [0.05, 0.1) is 17.6 Å². The van der Waals surface area contributed by atoms with Crippen LogP contribution in [0.4, 0.5) is 5.82 Å². The topological polar surface area (TPSA) is 110 Å². The molecule has 9 heteroatoms. The van der Waals surface area contributed by atoms with Gasteiger partial charge < -0.3 is 5.32 Å². The monoisotopic (exact) mass is 391 g/mol. The van der Waals surface area contributed by atoms with Gasteiger partial charge in [0.2, 0.25) is 11.9 Å². The molecule has 148 valence electrons. The van der Waals surface area contributed by atoms with Gasteiger partial charge in [0, 0.05) is 11.5 Å². The predicted molar refractivity (Wildman–Crippen MR) is 109 cm³/mol. The quantitative estimate of drug-likeness (QED) is 0.558. The first-order valence-electron chi connectivity index (χ1n) is 9.16. The van der Waals surface area contributed by atoms with Crippen molar-refractivity contribution < 1.29 is 4.79 Å². The van der Waals surface area contributed by atoms with Crippen LogP contribution in [0, 0.1) is 12.3 Å². The summed E-state index contributed by atoms with van der Waals surface area (Å²) < 4.78 is 3.01. The van der Waals surface area contributed by atoms with Crippen LogP contribution in [-0.4, -0.2) is 35.4 Å². The van der Waals surface area contributed by atoms with Crippen LogP contribution in [-0.2, 0) is 4.79 Å². The van der Waals surface area contributed by atoms with Crippen LogP contribution < -0.4 is 10.9 Å². The Labute approximate surface area is 166 Å². The number of aromatic nitrogens is 6. The lowest BCUT2D eigenvalue weighted by Gasteiger charge is -2.17. The largest absolute Gasteiger partial charge is 0.310 e. The maximum Gasteiger partial charge on any atom is 0.263 e. The van der Waals surface area contributed by atoms with Crippen molar-refractivity contribution in [3.8, 4) is 11.6 Å². The Hall–Kier alpha value is -3.75. The lowest BCUT2D eigenvalue weighted by molar-refractivity contribution is -0.123. The van der Waals surface area contributed by atoms with Crippen LogP contribution in [0.25, 0.3) is 22.7 Å². The number of carbonyl (C=O) groups excluding carboxylic acids is 1. The molecular weight excluding hydrogens is 370 g/mol. The average molecular weight is 391 g/mol. The molecule has 0 aliphatic carbocycles. The maximum absolute atomic E-state index is 12.6. The normalized spacial score (nSPS) is 11.7. The van der Waals surface area contributed by atoms with Crippen LogP contribution >= 0.6 is 0 Å². The van der Waals surface area contributed by atoms with E-state index in [1.54, 1.807) is 17.7 Å². The molecule has 0 spiro atoms. The fraction of sp³-hybridized carbons (Fsp3) is 0.250. The molecule has 1 amide bonds. The standard InChI is InChI=1S/C20H21N7O2/c1-12-10-15(22-18(29)20(2,3)4)27(25-12)19-23-16-14(17(28)24-19)11-21-26(16)13-8-6-5-7-9-13/h5-11H,1-4H3,(H,22,29)(H,23,24,28). The lowest BCUT2D eigenvalue weighted by Crippen LogP contribution is -2.29. The van der Waals surface area contributed by atoms with Gasteiger partial charge in [-0.1, -0.05) is 39.0 Å². The van der Waals surface area contributed by atoms with Crippen LogP contribution in [0.5, 0.6) is 0 Å². The Bertz CT molecular complexity index is 1260. The van der Waals surface area contributed by atoms with Gasteiger partial charge in [0.15, 0.2) is 5.65 Å². The van der Waals surface area contributed by atoms with E-state index >= 15 is 0 Å². The molecule has 0 radical (unpaired) electrons. The van der Waals surface area contributed by atoms with E-state index in [1.807, 2.05) is 51.1 Å². The minimum Gasteiger partial charge on any atom is -0.310 e. The number of carbonyl (C=O) groups is 1. The smallest absolute Gasteiger partial charge is 0.263 e. The molecule has 3 aromatic heterocycles. The van der Waals surface area contributed by atoms with E-state index in [-0.39, 0.29) is 17.4 Å². The average Bonchev–Trinajstić information content (AvgIpc) is 3.25. The molecule has 3 heterocycles. The molecular formula is C20H21N7O2. The van der Waals surface area contributed by atoms with Crippen LogP contribution in [0.15, 0.2) is 47.4 Å². The molecule has 1 aromatic carbocycles. The van der Waals surface area contributed by atoms with Gasteiger partial charge in [-0.3, -0.25) is 14.6 Å². The van der Waals surface area contributed by atoms with Crippen molar-refractivity contribution in [1.29, 1.82) is 0 Å². The number of para-hydroxylation sites is 1. The van der Waals surface area contributed by atoms with E-state index in [0.717, 1.165) is 5.69 Å². The number of rotatable bonds is 3. The van der Waals surface area contributed by atoms with E-state index in [4.69, 9.17) is 0 Å². The molecule has 0 saturated carbocycles. The van der Waals surface area contributed by atoms with Crippen molar-refractivity contribution in [2.45, 2.75) is 27.7 Å². The van der Waals surface area contributed by atoms with Gasteiger partial charge in [-0.2, -0.15) is 19.9 Å². The molecule has 0 bridgehead atoms. The number of anilines is 1. The predicted octanol–water partition coefficient (Wildman–Crippen LogP) is 2.59. The number of aryl methyl sites for hydroxylation is 1. The first kappa shape index (κ1) is 18.6. The zero-order valence-corrected chi connectivity index (χ0v) is 16.6. The highest BCUT2D eigenvalue weighted by Gasteiger charge is 2.24. The summed E-state index contributed by atoms with van der Waals surface area (Å²) in [5.74, 6) is 0.449. The van der Waals surface area contributed by atoms with Gasteiger partial charge in [-0.05, 0) is 19.1 Å². The van der Waals surface area contributed by atoms with E-state index in [0.29, 0.717) is 22.5 Å². The van der Waals surface area contributed by atoms with Gasteiger partial charge in [-0.15, -0.1) is 0 Å². The minimum absolute atomic E-state index is 0.170. The summed E-state index contributed by atoms with van der Waals surface area (Å²) >= 11 is 0. The Balaban J connectivity index is 1.86. The molecule has 0 aliphatic rings. The second kappa shape index (κ2) is 6.69. The van der Waals surface area contributed by atoms with Crippen molar-refractivity contribution in [3.05, 3.63) is 58.6 Å².